The third kappa shape index (κ3) is 7.47. The van der Waals surface area contributed by atoms with Crippen LogP contribution in [0.2, 0.25) is 0 Å². The van der Waals surface area contributed by atoms with E-state index < -0.39 is 11.9 Å². The number of para-hydroxylation sites is 2. The lowest BCUT2D eigenvalue weighted by Crippen LogP contribution is -2.36. The van der Waals surface area contributed by atoms with Crippen molar-refractivity contribution in [3.05, 3.63) is 84.3 Å². The van der Waals surface area contributed by atoms with Gasteiger partial charge in [-0.15, -0.1) is 6.58 Å². The first-order valence-electron chi connectivity index (χ1n) is 11.7. The van der Waals surface area contributed by atoms with Gasteiger partial charge in [-0.3, -0.25) is 4.90 Å². The highest BCUT2D eigenvalue weighted by Crippen LogP contribution is 2.33. The van der Waals surface area contributed by atoms with Gasteiger partial charge in [-0.2, -0.15) is 5.10 Å². The van der Waals surface area contributed by atoms with Gasteiger partial charge in [0.1, 0.15) is 0 Å². The van der Waals surface area contributed by atoms with Gasteiger partial charge in [0, 0.05) is 26.7 Å². The number of ether oxygens (including phenoxy) is 3. The molecule has 1 atom stereocenters. The maximum Gasteiger partial charge on any atom is 0.227 e. The Hall–Kier alpha value is -3.04. The van der Waals surface area contributed by atoms with Crippen molar-refractivity contribution in [3.63, 3.8) is 0 Å². The smallest absolute Gasteiger partial charge is 0.227 e. The van der Waals surface area contributed by atoms with Crippen molar-refractivity contribution in [2.75, 3.05) is 40.0 Å². The molecule has 0 saturated carbocycles. The summed E-state index contributed by atoms with van der Waals surface area (Å²) in [4.78, 5) is 2.06. The molecule has 3 rings (SSSR count). The Morgan fingerprint density at radius 2 is 1.91 bits per heavy atom. The molecule has 0 saturated heterocycles. The van der Waals surface area contributed by atoms with E-state index in [0.717, 1.165) is 16.9 Å². The number of aliphatic hydroxyl groups is 1. The van der Waals surface area contributed by atoms with Gasteiger partial charge in [0.05, 0.1) is 42.9 Å². The normalized spacial score (nSPS) is 12.1. The first kappa shape index (κ1) is 26.6. The Balaban J connectivity index is 1.98. The number of aryl methyl sites for hydroxylation is 1. The van der Waals surface area contributed by atoms with E-state index in [9.17, 15) is 9.50 Å². The quantitative estimate of drug-likeness (QED) is 0.256. The van der Waals surface area contributed by atoms with Crippen LogP contribution in [0.5, 0.6) is 11.6 Å². The fourth-order valence-electron chi connectivity index (χ4n) is 3.72. The van der Waals surface area contributed by atoms with Crippen LogP contribution in [0.3, 0.4) is 0 Å². The second-order valence-electron chi connectivity index (χ2n) is 8.07. The van der Waals surface area contributed by atoms with Crippen LogP contribution < -0.4 is 4.74 Å². The summed E-state index contributed by atoms with van der Waals surface area (Å²) < 4.78 is 33.1. The minimum Gasteiger partial charge on any atom is -0.435 e. The van der Waals surface area contributed by atoms with Crippen LogP contribution in [0.15, 0.2) is 67.3 Å². The van der Waals surface area contributed by atoms with Crippen LogP contribution in [-0.2, 0) is 22.4 Å². The first-order valence-corrected chi connectivity index (χ1v) is 11.7. The molecule has 2 aromatic carbocycles. The van der Waals surface area contributed by atoms with Crippen molar-refractivity contribution in [1.82, 2.24) is 14.7 Å². The van der Waals surface area contributed by atoms with E-state index in [1.807, 2.05) is 37.3 Å². The zero-order valence-corrected chi connectivity index (χ0v) is 20.4. The van der Waals surface area contributed by atoms with Gasteiger partial charge in [0.2, 0.25) is 5.88 Å². The van der Waals surface area contributed by atoms with E-state index in [1.54, 1.807) is 36.1 Å². The molecule has 35 heavy (non-hydrogen) atoms. The molecule has 0 spiro atoms. The standard InChI is InChI=1S/C27H34FN3O4/c1-4-16-34-20-22(32)18-30(15-17-33-3)19-23-25(5-2)29-31(21-11-7-6-8-12-21)27(23)35-26-14-10-9-13-24(26)28/h4,6-14,22,32H,1,5,15-20H2,2-3H3. The van der Waals surface area contributed by atoms with E-state index in [0.29, 0.717) is 45.1 Å². The lowest BCUT2D eigenvalue weighted by molar-refractivity contribution is 0.0192. The highest BCUT2D eigenvalue weighted by atomic mass is 19.1. The van der Waals surface area contributed by atoms with Crippen molar-refractivity contribution in [2.45, 2.75) is 26.0 Å². The van der Waals surface area contributed by atoms with E-state index in [4.69, 9.17) is 19.3 Å². The summed E-state index contributed by atoms with van der Waals surface area (Å²) in [6.45, 7) is 8.07. The number of nitrogens with zero attached hydrogens (tertiary/aromatic N) is 3. The fraction of sp³-hybridized carbons (Fsp3) is 0.370. The highest BCUT2D eigenvalue weighted by Gasteiger charge is 2.24. The van der Waals surface area contributed by atoms with Gasteiger partial charge >= 0.3 is 0 Å². The molecule has 8 heteroatoms. The van der Waals surface area contributed by atoms with Crippen molar-refractivity contribution >= 4 is 0 Å². The van der Waals surface area contributed by atoms with Crippen molar-refractivity contribution in [2.24, 2.45) is 0 Å². The molecule has 1 heterocycles. The molecular weight excluding hydrogens is 449 g/mol. The Labute approximate surface area is 206 Å². The molecule has 0 aliphatic rings. The average molecular weight is 484 g/mol. The summed E-state index contributed by atoms with van der Waals surface area (Å²) in [5.41, 5.74) is 2.47. The van der Waals surface area contributed by atoms with Crippen molar-refractivity contribution in [1.29, 1.82) is 0 Å². The second-order valence-corrected chi connectivity index (χ2v) is 8.07. The molecule has 0 aliphatic heterocycles. The van der Waals surface area contributed by atoms with Crippen LogP contribution in [0, 0.1) is 5.82 Å². The van der Waals surface area contributed by atoms with E-state index in [-0.39, 0.29) is 12.4 Å². The molecule has 0 aliphatic carbocycles. The topological polar surface area (TPSA) is 69.0 Å². The summed E-state index contributed by atoms with van der Waals surface area (Å²) in [6.07, 6.45) is 1.61. The van der Waals surface area contributed by atoms with Crippen LogP contribution in [0.1, 0.15) is 18.2 Å². The highest BCUT2D eigenvalue weighted by molar-refractivity contribution is 5.44. The Morgan fingerprint density at radius 1 is 1.17 bits per heavy atom. The fourth-order valence-corrected chi connectivity index (χ4v) is 3.72. The Kier molecular flexibility index (Phi) is 10.4. The maximum atomic E-state index is 14.5. The molecular formula is C27H34FN3O4. The molecule has 0 fully saturated rings. The summed E-state index contributed by atoms with van der Waals surface area (Å²) in [7, 11) is 1.64. The maximum absolute atomic E-state index is 14.5. The molecule has 7 nitrogen and oxygen atoms in total. The van der Waals surface area contributed by atoms with Gasteiger partial charge in [-0.05, 0) is 30.7 Å². The van der Waals surface area contributed by atoms with Gasteiger partial charge in [-0.1, -0.05) is 43.3 Å². The summed E-state index contributed by atoms with van der Waals surface area (Å²) in [5, 5.41) is 15.3. The first-order chi connectivity index (χ1) is 17.1. The monoisotopic (exact) mass is 483 g/mol. The molecule has 3 aromatic rings. The average Bonchev–Trinajstić information content (AvgIpc) is 3.21. The molecule has 1 aromatic heterocycles. The summed E-state index contributed by atoms with van der Waals surface area (Å²) in [6, 6.07) is 15.9. The Bertz CT molecular complexity index is 1060. The van der Waals surface area contributed by atoms with Gasteiger partial charge in [0.25, 0.3) is 0 Å². The van der Waals surface area contributed by atoms with Gasteiger partial charge < -0.3 is 19.3 Å². The third-order valence-electron chi connectivity index (χ3n) is 5.41. The van der Waals surface area contributed by atoms with Crippen molar-refractivity contribution in [3.8, 4) is 17.3 Å². The number of hydrogen-bond acceptors (Lipinski definition) is 6. The van der Waals surface area contributed by atoms with Gasteiger partial charge in [0.15, 0.2) is 11.6 Å². The molecule has 188 valence electrons. The third-order valence-corrected chi connectivity index (χ3v) is 5.41. The minimum absolute atomic E-state index is 0.120. The van der Waals surface area contributed by atoms with E-state index in [1.165, 1.54) is 6.07 Å². The molecule has 0 amide bonds. The SMILES string of the molecule is C=CCOCC(O)CN(CCOC)Cc1c(CC)nn(-c2ccccc2)c1Oc1ccccc1F. The summed E-state index contributed by atoms with van der Waals surface area (Å²) >= 11 is 0. The molecule has 0 bridgehead atoms. The van der Waals surface area contributed by atoms with E-state index >= 15 is 0 Å². The summed E-state index contributed by atoms with van der Waals surface area (Å²) in [5.74, 6) is 0.107. The van der Waals surface area contributed by atoms with Crippen LogP contribution >= 0.6 is 0 Å². The molecule has 1 unspecified atom stereocenters. The van der Waals surface area contributed by atoms with E-state index in [2.05, 4.69) is 11.5 Å². The number of hydrogen-bond donors (Lipinski definition) is 1. The zero-order valence-electron chi connectivity index (χ0n) is 20.4. The predicted octanol–water partition coefficient (Wildman–Crippen LogP) is 4.38. The number of benzene rings is 2. The molecule has 0 radical (unpaired) electrons. The lowest BCUT2D eigenvalue weighted by Gasteiger charge is -2.25. The number of rotatable bonds is 15. The number of aliphatic hydroxyl groups excluding tert-OH is 1. The van der Waals surface area contributed by atoms with Gasteiger partial charge in [-0.25, -0.2) is 9.07 Å². The van der Waals surface area contributed by atoms with Crippen LogP contribution in [0.25, 0.3) is 5.69 Å². The Morgan fingerprint density at radius 3 is 2.60 bits per heavy atom. The van der Waals surface area contributed by atoms with Crippen LogP contribution in [-0.4, -0.2) is 65.9 Å². The lowest BCUT2D eigenvalue weighted by atomic mass is 10.1. The van der Waals surface area contributed by atoms with Crippen molar-refractivity contribution < 1.29 is 23.7 Å². The second kappa shape index (κ2) is 13.7. The molecule has 1 N–H and O–H groups in total. The number of aromatic nitrogens is 2. The van der Waals surface area contributed by atoms with Crippen LogP contribution in [0.4, 0.5) is 4.39 Å². The predicted molar refractivity (Wildman–Crippen MR) is 134 cm³/mol. The number of halogens is 1. The zero-order chi connectivity index (χ0) is 25.0. The minimum atomic E-state index is -0.697. The largest absolute Gasteiger partial charge is 0.435 e. The number of methoxy groups -OCH3 is 1.